The van der Waals surface area contributed by atoms with Crippen LogP contribution in [0.15, 0.2) is 6.07 Å². The summed E-state index contributed by atoms with van der Waals surface area (Å²) >= 11 is 5.27. The number of thiocarbonyl (C=S) groups is 1. The highest BCUT2D eigenvalue weighted by Crippen LogP contribution is 2.17. The SMILES string of the molecule is COc1cc(CNC(=S)NC2CCCC2)nn1C. The molecule has 0 aromatic carbocycles. The van der Waals surface area contributed by atoms with Gasteiger partial charge in [-0.3, -0.25) is 0 Å². The number of hydrogen-bond donors (Lipinski definition) is 2. The maximum absolute atomic E-state index is 5.27. The molecule has 1 aromatic rings. The van der Waals surface area contributed by atoms with Crippen molar-refractivity contribution in [3.8, 4) is 5.88 Å². The van der Waals surface area contributed by atoms with E-state index >= 15 is 0 Å². The van der Waals surface area contributed by atoms with E-state index < -0.39 is 0 Å². The average Bonchev–Trinajstić information content (AvgIpc) is 2.96. The molecule has 0 radical (unpaired) electrons. The summed E-state index contributed by atoms with van der Waals surface area (Å²) in [6.45, 7) is 0.621. The van der Waals surface area contributed by atoms with Crippen LogP contribution in [0.5, 0.6) is 5.88 Å². The minimum atomic E-state index is 0.545. The molecule has 1 aliphatic rings. The van der Waals surface area contributed by atoms with Crippen molar-refractivity contribution < 1.29 is 4.74 Å². The van der Waals surface area contributed by atoms with Crippen LogP contribution in [0, 0.1) is 0 Å². The number of methoxy groups -OCH3 is 1. The Morgan fingerprint density at radius 2 is 2.28 bits per heavy atom. The molecule has 1 aromatic heterocycles. The molecule has 0 bridgehead atoms. The minimum absolute atomic E-state index is 0.545. The van der Waals surface area contributed by atoms with E-state index in [1.807, 2.05) is 13.1 Å². The topological polar surface area (TPSA) is 51.1 Å². The van der Waals surface area contributed by atoms with Crippen LogP contribution in [-0.2, 0) is 13.6 Å². The monoisotopic (exact) mass is 268 g/mol. The maximum atomic E-state index is 5.27. The first-order chi connectivity index (χ1) is 8.69. The molecule has 1 fully saturated rings. The molecule has 0 unspecified atom stereocenters. The van der Waals surface area contributed by atoms with Gasteiger partial charge < -0.3 is 15.4 Å². The predicted octanol–water partition coefficient (Wildman–Crippen LogP) is 1.34. The molecule has 100 valence electrons. The third-order valence-corrected chi connectivity index (χ3v) is 3.48. The average molecular weight is 268 g/mol. The fraction of sp³-hybridized carbons (Fsp3) is 0.667. The lowest BCUT2D eigenvalue weighted by molar-refractivity contribution is 0.373. The summed E-state index contributed by atoms with van der Waals surface area (Å²) in [6.07, 6.45) is 5.05. The van der Waals surface area contributed by atoms with Gasteiger partial charge in [-0.05, 0) is 25.1 Å². The lowest BCUT2D eigenvalue weighted by Gasteiger charge is -2.14. The minimum Gasteiger partial charge on any atom is -0.481 e. The van der Waals surface area contributed by atoms with Crippen molar-refractivity contribution in [3.05, 3.63) is 11.8 Å². The normalized spacial score (nSPS) is 15.7. The molecule has 0 atom stereocenters. The van der Waals surface area contributed by atoms with E-state index in [1.165, 1.54) is 25.7 Å². The first-order valence-corrected chi connectivity index (χ1v) is 6.71. The highest BCUT2D eigenvalue weighted by molar-refractivity contribution is 7.80. The number of ether oxygens (including phenoxy) is 1. The van der Waals surface area contributed by atoms with Crippen LogP contribution in [0.2, 0.25) is 0 Å². The summed E-state index contributed by atoms with van der Waals surface area (Å²) in [5.41, 5.74) is 0.921. The second kappa shape index (κ2) is 6.04. The van der Waals surface area contributed by atoms with Gasteiger partial charge in [0, 0.05) is 19.2 Å². The summed E-state index contributed by atoms with van der Waals surface area (Å²) in [7, 11) is 3.50. The Bertz CT molecular complexity index is 412. The van der Waals surface area contributed by atoms with Gasteiger partial charge in [0.2, 0.25) is 5.88 Å². The third-order valence-electron chi connectivity index (χ3n) is 3.22. The van der Waals surface area contributed by atoms with Gasteiger partial charge >= 0.3 is 0 Å². The number of aromatic nitrogens is 2. The molecule has 5 nitrogen and oxygen atoms in total. The highest BCUT2D eigenvalue weighted by atomic mass is 32.1. The summed E-state index contributed by atoms with van der Waals surface area (Å²) in [4.78, 5) is 0. The first kappa shape index (κ1) is 13.1. The van der Waals surface area contributed by atoms with Gasteiger partial charge in [0.1, 0.15) is 0 Å². The van der Waals surface area contributed by atoms with Gasteiger partial charge in [-0.2, -0.15) is 5.10 Å². The summed E-state index contributed by atoms with van der Waals surface area (Å²) < 4.78 is 6.88. The van der Waals surface area contributed by atoms with Gasteiger partial charge in [0.05, 0.1) is 19.3 Å². The van der Waals surface area contributed by atoms with Crippen LogP contribution >= 0.6 is 12.2 Å². The van der Waals surface area contributed by atoms with Crippen molar-refractivity contribution in [2.45, 2.75) is 38.3 Å². The Balaban J connectivity index is 1.77. The molecule has 2 N–H and O–H groups in total. The van der Waals surface area contributed by atoms with Crippen LogP contribution in [-0.4, -0.2) is 28.0 Å². The number of rotatable bonds is 4. The molecular weight excluding hydrogens is 248 g/mol. The lowest BCUT2D eigenvalue weighted by atomic mass is 10.3. The van der Waals surface area contributed by atoms with Gasteiger partial charge in [0.25, 0.3) is 0 Å². The molecule has 1 saturated carbocycles. The number of nitrogens with zero attached hydrogens (tertiary/aromatic N) is 2. The fourth-order valence-electron chi connectivity index (χ4n) is 2.26. The summed E-state index contributed by atoms with van der Waals surface area (Å²) in [5.74, 6) is 0.751. The molecule has 0 amide bonds. The highest BCUT2D eigenvalue weighted by Gasteiger charge is 2.15. The quantitative estimate of drug-likeness (QED) is 0.807. The van der Waals surface area contributed by atoms with E-state index in [-0.39, 0.29) is 0 Å². The van der Waals surface area contributed by atoms with E-state index in [0.29, 0.717) is 17.7 Å². The Hall–Kier alpha value is -1.30. The van der Waals surface area contributed by atoms with Crippen molar-refractivity contribution in [3.63, 3.8) is 0 Å². The van der Waals surface area contributed by atoms with Gasteiger partial charge in [-0.25, -0.2) is 4.68 Å². The van der Waals surface area contributed by atoms with Crippen molar-refractivity contribution in [2.75, 3.05) is 7.11 Å². The Labute approximate surface area is 113 Å². The van der Waals surface area contributed by atoms with E-state index in [0.717, 1.165) is 11.6 Å². The Kier molecular flexibility index (Phi) is 4.41. The zero-order valence-corrected chi connectivity index (χ0v) is 11.7. The van der Waals surface area contributed by atoms with E-state index in [4.69, 9.17) is 17.0 Å². The second-order valence-electron chi connectivity index (χ2n) is 4.61. The number of hydrogen-bond acceptors (Lipinski definition) is 3. The molecule has 0 saturated heterocycles. The Morgan fingerprint density at radius 1 is 1.56 bits per heavy atom. The Morgan fingerprint density at radius 3 is 2.89 bits per heavy atom. The van der Waals surface area contributed by atoms with Crippen LogP contribution < -0.4 is 15.4 Å². The maximum Gasteiger partial charge on any atom is 0.211 e. The molecule has 0 spiro atoms. The van der Waals surface area contributed by atoms with Crippen LogP contribution in [0.25, 0.3) is 0 Å². The summed E-state index contributed by atoms with van der Waals surface area (Å²) in [5, 5.41) is 11.6. The van der Waals surface area contributed by atoms with Crippen molar-refractivity contribution in [1.82, 2.24) is 20.4 Å². The molecule has 1 aliphatic carbocycles. The van der Waals surface area contributed by atoms with Crippen LogP contribution in [0.3, 0.4) is 0 Å². The number of aryl methyl sites for hydroxylation is 1. The standard InChI is InChI=1S/C12H20N4OS/c1-16-11(17-2)7-10(15-16)8-13-12(18)14-9-5-3-4-6-9/h7,9H,3-6,8H2,1-2H3,(H2,13,14,18). The van der Waals surface area contributed by atoms with Gasteiger partial charge in [-0.1, -0.05) is 12.8 Å². The van der Waals surface area contributed by atoms with Crippen LogP contribution in [0.1, 0.15) is 31.4 Å². The lowest BCUT2D eigenvalue weighted by Crippen LogP contribution is -2.40. The van der Waals surface area contributed by atoms with E-state index in [9.17, 15) is 0 Å². The zero-order valence-electron chi connectivity index (χ0n) is 10.9. The molecule has 6 heteroatoms. The van der Waals surface area contributed by atoms with Crippen LogP contribution in [0.4, 0.5) is 0 Å². The predicted molar refractivity (Wildman–Crippen MR) is 74.6 cm³/mol. The molecule has 1 heterocycles. The van der Waals surface area contributed by atoms with Crippen molar-refractivity contribution >= 4 is 17.3 Å². The molecular formula is C12H20N4OS. The first-order valence-electron chi connectivity index (χ1n) is 6.30. The fourth-order valence-corrected chi connectivity index (χ4v) is 2.50. The molecule has 0 aliphatic heterocycles. The summed E-state index contributed by atoms with van der Waals surface area (Å²) in [6, 6.07) is 2.45. The van der Waals surface area contributed by atoms with Gasteiger partial charge in [0.15, 0.2) is 5.11 Å². The van der Waals surface area contributed by atoms with Crippen molar-refractivity contribution in [1.29, 1.82) is 0 Å². The van der Waals surface area contributed by atoms with E-state index in [1.54, 1.807) is 11.8 Å². The number of nitrogens with one attached hydrogen (secondary N) is 2. The third kappa shape index (κ3) is 3.35. The largest absolute Gasteiger partial charge is 0.481 e. The molecule has 2 rings (SSSR count). The van der Waals surface area contributed by atoms with E-state index in [2.05, 4.69) is 15.7 Å². The van der Waals surface area contributed by atoms with Gasteiger partial charge in [-0.15, -0.1) is 0 Å². The second-order valence-corrected chi connectivity index (χ2v) is 5.02. The molecule has 18 heavy (non-hydrogen) atoms. The van der Waals surface area contributed by atoms with Crippen molar-refractivity contribution in [2.24, 2.45) is 7.05 Å². The zero-order chi connectivity index (χ0) is 13.0. The smallest absolute Gasteiger partial charge is 0.211 e.